The molecule has 1 aliphatic rings. The Kier molecular flexibility index (Phi) is 3.56. The van der Waals surface area contributed by atoms with E-state index in [0.29, 0.717) is 18.2 Å². The minimum Gasteiger partial charge on any atom is -0.311 e. The third-order valence-electron chi connectivity index (χ3n) is 2.69. The average Bonchev–Trinajstić information content (AvgIpc) is 2.16. The summed E-state index contributed by atoms with van der Waals surface area (Å²) in [6.45, 7) is 0. The van der Waals surface area contributed by atoms with Crippen molar-refractivity contribution in [2.75, 3.05) is 5.32 Å². The minimum absolute atomic E-state index is 0.0911. The molecule has 0 radical (unpaired) electrons. The quantitative estimate of drug-likeness (QED) is 0.871. The smallest absolute Gasteiger partial charge is 0.225 e. The zero-order chi connectivity index (χ0) is 10.7. The predicted molar refractivity (Wildman–Crippen MR) is 67.5 cm³/mol. The fraction of sp³-hybridized carbons (Fsp3) is 0.455. The van der Waals surface area contributed by atoms with E-state index < -0.39 is 0 Å². The van der Waals surface area contributed by atoms with Crippen molar-refractivity contribution in [3.05, 3.63) is 21.9 Å². The van der Waals surface area contributed by atoms with Gasteiger partial charge in [-0.3, -0.25) is 4.79 Å². The number of anilines is 1. The fourth-order valence-corrected chi connectivity index (χ4v) is 1.92. The fourth-order valence-electron chi connectivity index (χ4n) is 1.60. The summed E-state index contributed by atoms with van der Waals surface area (Å²) in [5, 5.41) is 2.81. The van der Waals surface area contributed by atoms with Crippen LogP contribution in [0, 0.1) is 9.49 Å². The summed E-state index contributed by atoms with van der Waals surface area (Å²) < 4.78 is 1.07. The minimum atomic E-state index is 0.0911. The summed E-state index contributed by atoms with van der Waals surface area (Å²) >= 11 is 2.19. The molecule has 1 fully saturated rings. The molecule has 0 atom stereocenters. The van der Waals surface area contributed by atoms with E-state index in [1.54, 1.807) is 6.20 Å². The lowest BCUT2D eigenvalue weighted by Gasteiger charge is -2.24. The molecule has 1 aliphatic carbocycles. The number of pyridine rings is 1. The second kappa shape index (κ2) is 4.92. The van der Waals surface area contributed by atoms with E-state index in [9.17, 15) is 4.79 Å². The van der Waals surface area contributed by atoms with Crippen LogP contribution < -0.4 is 5.32 Å². The van der Waals surface area contributed by atoms with Crippen LogP contribution in [0.4, 0.5) is 5.82 Å². The number of aromatic nitrogens is 1. The molecule has 0 aliphatic heterocycles. The van der Waals surface area contributed by atoms with Gasteiger partial charge in [0.2, 0.25) is 5.91 Å². The van der Waals surface area contributed by atoms with Gasteiger partial charge in [-0.2, -0.15) is 0 Å². The van der Waals surface area contributed by atoms with E-state index in [-0.39, 0.29) is 5.91 Å². The Morgan fingerprint density at radius 2 is 2.33 bits per heavy atom. The first kappa shape index (κ1) is 10.9. The maximum atomic E-state index is 11.5. The third kappa shape index (κ3) is 3.15. The number of hydrogen-bond donors (Lipinski definition) is 1. The maximum absolute atomic E-state index is 11.5. The van der Waals surface area contributed by atoms with Crippen molar-refractivity contribution in [3.63, 3.8) is 0 Å². The Balaban J connectivity index is 1.84. The Bertz CT molecular complexity index is 346. The zero-order valence-electron chi connectivity index (χ0n) is 8.37. The van der Waals surface area contributed by atoms with Crippen LogP contribution in [-0.2, 0) is 4.79 Å². The van der Waals surface area contributed by atoms with E-state index in [2.05, 4.69) is 32.9 Å². The van der Waals surface area contributed by atoms with Crippen LogP contribution in [0.25, 0.3) is 0 Å². The number of rotatable bonds is 3. The van der Waals surface area contributed by atoms with E-state index in [1.165, 1.54) is 19.3 Å². The molecule has 1 aromatic rings. The highest BCUT2D eigenvalue weighted by atomic mass is 127. The molecule has 0 unspecified atom stereocenters. The number of carbonyl (C=O) groups is 1. The first-order chi connectivity index (χ1) is 7.24. The number of nitrogens with one attached hydrogen (secondary N) is 1. The van der Waals surface area contributed by atoms with Gasteiger partial charge in [-0.05, 0) is 53.5 Å². The summed E-state index contributed by atoms with van der Waals surface area (Å²) in [6, 6.07) is 3.77. The molecule has 1 amide bonds. The normalized spacial score (nSPS) is 15.8. The highest BCUT2D eigenvalue weighted by Crippen LogP contribution is 2.29. The van der Waals surface area contributed by atoms with Crippen molar-refractivity contribution in [2.45, 2.75) is 25.7 Å². The molecule has 2 rings (SSSR count). The van der Waals surface area contributed by atoms with Crippen LogP contribution in [0.5, 0.6) is 0 Å². The van der Waals surface area contributed by atoms with Crippen LogP contribution in [0.3, 0.4) is 0 Å². The summed E-state index contributed by atoms with van der Waals surface area (Å²) in [5.41, 5.74) is 0. The van der Waals surface area contributed by atoms with Gasteiger partial charge in [0.05, 0.1) is 0 Å². The number of halogens is 1. The first-order valence-corrected chi connectivity index (χ1v) is 6.23. The Labute approximate surface area is 103 Å². The van der Waals surface area contributed by atoms with Gasteiger partial charge < -0.3 is 5.32 Å². The van der Waals surface area contributed by atoms with Crippen molar-refractivity contribution in [3.8, 4) is 0 Å². The van der Waals surface area contributed by atoms with Crippen LogP contribution in [0.1, 0.15) is 25.7 Å². The van der Waals surface area contributed by atoms with E-state index in [1.807, 2.05) is 12.1 Å². The van der Waals surface area contributed by atoms with E-state index in [4.69, 9.17) is 0 Å². The van der Waals surface area contributed by atoms with Gasteiger partial charge in [0.15, 0.2) is 0 Å². The van der Waals surface area contributed by atoms with Crippen molar-refractivity contribution < 1.29 is 4.79 Å². The van der Waals surface area contributed by atoms with E-state index >= 15 is 0 Å². The molecule has 1 N–H and O–H groups in total. The van der Waals surface area contributed by atoms with Gasteiger partial charge in [-0.1, -0.05) is 6.42 Å². The maximum Gasteiger partial charge on any atom is 0.225 e. The first-order valence-electron chi connectivity index (χ1n) is 5.15. The number of amides is 1. The molecule has 0 bridgehead atoms. The Hall–Kier alpha value is -0.650. The summed E-state index contributed by atoms with van der Waals surface area (Å²) in [6.07, 6.45) is 6.08. The molecule has 1 heterocycles. The topological polar surface area (TPSA) is 42.0 Å². The highest BCUT2D eigenvalue weighted by Gasteiger charge is 2.20. The predicted octanol–water partition coefficient (Wildman–Crippen LogP) is 2.81. The zero-order valence-corrected chi connectivity index (χ0v) is 10.5. The lowest BCUT2D eigenvalue weighted by atomic mass is 9.83. The molecule has 1 saturated carbocycles. The lowest BCUT2D eigenvalue weighted by molar-refractivity contribution is -0.117. The van der Waals surface area contributed by atoms with Crippen molar-refractivity contribution >= 4 is 34.3 Å². The van der Waals surface area contributed by atoms with Gasteiger partial charge in [-0.25, -0.2) is 4.98 Å². The van der Waals surface area contributed by atoms with Crippen LogP contribution >= 0.6 is 22.6 Å². The number of nitrogens with zero attached hydrogens (tertiary/aromatic N) is 1. The van der Waals surface area contributed by atoms with Gasteiger partial charge in [0.1, 0.15) is 5.82 Å². The monoisotopic (exact) mass is 316 g/mol. The highest BCUT2D eigenvalue weighted by molar-refractivity contribution is 14.1. The van der Waals surface area contributed by atoms with Gasteiger partial charge in [0.25, 0.3) is 0 Å². The van der Waals surface area contributed by atoms with Gasteiger partial charge in [0, 0.05) is 16.2 Å². The Morgan fingerprint density at radius 1 is 1.53 bits per heavy atom. The summed E-state index contributed by atoms with van der Waals surface area (Å²) in [7, 11) is 0. The molecule has 15 heavy (non-hydrogen) atoms. The second-order valence-electron chi connectivity index (χ2n) is 3.91. The molecule has 3 nitrogen and oxygen atoms in total. The third-order valence-corrected chi connectivity index (χ3v) is 3.33. The van der Waals surface area contributed by atoms with E-state index in [0.717, 1.165) is 3.57 Å². The number of carbonyl (C=O) groups excluding carboxylic acids is 1. The van der Waals surface area contributed by atoms with Crippen molar-refractivity contribution in [1.82, 2.24) is 4.98 Å². The SMILES string of the molecule is O=C(CC1CCC1)Nc1ccc(I)cn1. The largest absolute Gasteiger partial charge is 0.311 e. The van der Waals surface area contributed by atoms with Gasteiger partial charge in [-0.15, -0.1) is 0 Å². The van der Waals surface area contributed by atoms with Gasteiger partial charge >= 0.3 is 0 Å². The molecule has 0 aromatic carbocycles. The summed E-state index contributed by atoms with van der Waals surface area (Å²) in [5.74, 6) is 1.35. The second-order valence-corrected chi connectivity index (χ2v) is 5.16. The van der Waals surface area contributed by atoms with Crippen molar-refractivity contribution in [1.29, 1.82) is 0 Å². The molecule has 0 saturated heterocycles. The average molecular weight is 316 g/mol. The van der Waals surface area contributed by atoms with Crippen molar-refractivity contribution in [2.24, 2.45) is 5.92 Å². The molecule has 1 aromatic heterocycles. The Morgan fingerprint density at radius 3 is 2.87 bits per heavy atom. The molecule has 80 valence electrons. The van der Waals surface area contributed by atoms with Crippen LogP contribution in [-0.4, -0.2) is 10.9 Å². The van der Waals surface area contributed by atoms with Crippen LogP contribution in [0.2, 0.25) is 0 Å². The molecular formula is C11H13IN2O. The molecular weight excluding hydrogens is 303 g/mol. The lowest BCUT2D eigenvalue weighted by Crippen LogP contribution is -2.21. The standard InChI is InChI=1S/C11H13IN2O/c12-9-4-5-10(13-7-9)14-11(15)6-8-2-1-3-8/h4-5,7-8H,1-3,6H2,(H,13,14,15). The number of hydrogen-bond acceptors (Lipinski definition) is 2. The summed E-state index contributed by atoms with van der Waals surface area (Å²) in [4.78, 5) is 15.7. The molecule has 4 heteroatoms. The van der Waals surface area contributed by atoms with Crippen LogP contribution in [0.15, 0.2) is 18.3 Å². The molecule has 0 spiro atoms.